The van der Waals surface area contributed by atoms with E-state index >= 15 is 0 Å². The van der Waals surface area contributed by atoms with Gasteiger partial charge in [0.2, 0.25) is 5.91 Å². The molecule has 5 nitrogen and oxygen atoms in total. The Hall–Kier alpha value is -1.63. The number of piperidine rings is 1. The average molecular weight is 415 g/mol. The van der Waals surface area contributed by atoms with Crippen LogP contribution in [0.2, 0.25) is 5.02 Å². The lowest BCUT2D eigenvalue weighted by atomic mass is 9.85. The van der Waals surface area contributed by atoms with Crippen molar-refractivity contribution in [1.29, 1.82) is 0 Å². The Morgan fingerprint density at radius 3 is 3.00 bits per heavy atom. The Bertz CT molecular complexity index is 762. The van der Waals surface area contributed by atoms with Gasteiger partial charge in [-0.25, -0.2) is 9.07 Å². The first-order chi connectivity index (χ1) is 12.5. The molecule has 8 heteroatoms. The predicted octanol–water partition coefficient (Wildman–Crippen LogP) is 4.11. The van der Waals surface area contributed by atoms with E-state index in [9.17, 15) is 9.18 Å². The Balaban J connectivity index is 0.00000261. The summed E-state index contributed by atoms with van der Waals surface area (Å²) in [6.07, 6.45) is 4.44. The van der Waals surface area contributed by atoms with Gasteiger partial charge in [0.25, 0.3) is 0 Å². The molecule has 2 N–H and O–H groups in total. The van der Waals surface area contributed by atoms with Crippen LogP contribution in [0, 0.1) is 17.7 Å². The molecule has 3 rings (SSSR count). The minimum atomic E-state index is -0.461. The number of rotatable bonds is 6. The minimum Gasteiger partial charge on any atom is -0.316 e. The molecule has 1 aromatic heterocycles. The number of carbonyl (C=O) groups is 1. The molecule has 0 radical (unpaired) electrons. The SMILES string of the molecule is CC(CC(=O)Nc1ccnn1Cc1ccc(Cl)c(F)c1)C1CCCNC1.Cl. The number of benzene rings is 1. The smallest absolute Gasteiger partial charge is 0.225 e. The molecular formula is C19H25Cl2FN4O. The topological polar surface area (TPSA) is 59.0 Å². The molecule has 1 aliphatic rings. The van der Waals surface area contributed by atoms with Crippen molar-refractivity contribution in [3.8, 4) is 0 Å². The van der Waals surface area contributed by atoms with E-state index in [4.69, 9.17) is 11.6 Å². The standard InChI is InChI=1S/C19H24ClFN4O.ClH/c1-13(15-3-2-7-22-11-15)9-19(26)24-18-6-8-23-25(18)12-14-4-5-16(20)17(21)10-14;/h4-6,8,10,13,15,22H,2-3,7,9,11-12H2,1H3,(H,24,26);1H. The van der Waals surface area contributed by atoms with Crippen LogP contribution in [0.5, 0.6) is 0 Å². The van der Waals surface area contributed by atoms with Gasteiger partial charge in [-0.15, -0.1) is 12.4 Å². The largest absolute Gasteiger partial charge is 0.316 e. The molecule has 1 fully saturated rings. The van der Waals surface area contributed by atoms with Crippen molar-refractivity contribution < 1.29 is 9.18 Å². The fourth-order valence-corrected chi connectivity index (χ4v) is 3.51. The summed E-state index contributed by atoms with van der Waals surface area (Å²) < 4.78 is 15.2. The first-order valence-electron chi connectivity index (χ1n) is 8.99. The van der Waals surface area contributed by atoms with Crippen LogP contribution in [0.4, 0.5) is 10.2 Å². The first kappa shape index (κ1) is 21.7. The van der Waals surface area contributed by atoms with E-state index in [2.05, 4.69) is 22.7 Å². The number of carbonyl (C=O) groups excluding carboxylic acids is 1. The van der Waals surface area contributed by atoms with Gasteiger partial charge in [0.1, 0.15) is 11.6 Å². The maximum Gasteiger partial charge on any atom is 0.225 e. The van der Waals surface area contributed by atoms with Crippen LogP contribution in [0.3, 0.4) is 0 Å². The number of nitrogens with one attached hydrogen (secondary N) is 2. The summed E-state index contributed by atoms with van der Waals surface area (Å²) >= 11 is 5.72. The van der Waals surface area contributed by atoms with E-state index in [1.807, 2.05) is 0 Å². The predicted molar refractivity (Wildman–Crippen MR) is 108 cm³/mol. The molecule has 1 saturated heterocycles. The molecular weight excluding hydrogens is 390 g/mol. The summed E-state index contributed by atoms with van der Waals surface area (Å²) in [6, 6.07) is 6.40. The van der Waals surface area contributed by atoms with E-state index in [1.54, 1.807) is 23.0 Å². The number of halogens is 3. The summed E-state index contributed by atoms with van der Waals surface area (Å²) in [5.41, 5.74) is 0.729. The van der Waals surface area contributed by atoms with Gasteiger partial charge in [-0.2, -0.15) is 5.10 Å². The third-order valence-corrected chi connectivity index (χ3v) is 5.25. The monoisotopic (exact) mass is 414 g/mol. The van der Waals surface area contributed by atoms with Crippen molar-refractivity contribution in [2.45, 2.75) is 32.7 Å². The van der Waals surface area contributed by atoms with Gasteiger partial charge in [-0.3, -0.25) is 4.79 Å². The second-order valence-corrected chi connectivity index (χ2v) is 7.37. The van der Waals surface area contributed by atoms with E-state index in [-0.39, 0.29) is 23.3 Å². The van der Waals surface area contributed by atoms with Crippen molar-refractivity contribution in [2.75, 3.05) is 18.4 Å². The first-order valence-corrected chi connectivity index (χ1v) is 9.37. The fourth-order valence-electron chi connectivity index (χ4n) is 3.39. The van der Waals surface area contributed by atoms with E-state index in [0.29, 0.717) is 30.6 Å². The third-order valence-electron chi connectivity index (χ3n) is 4.95. The quantitative estimate of drug-likeness (QED) is 0.747. The molecule has 27 heavy (non-hydrogen) atoms. The average Bonchev–Trinajstić information content (AvgIpc) is 3.05. The molecule has 0 saturated carbocycles. The molecule has 1 amide bonds. The number of amides is 1. The number of nitrogens with zero attached hydrogens (tertiary/aromatic N) is 2. The number of anilines is 1. The summed E-state index contributed by atoms with van der Waals surface area (Å²) in [5.74, 6) is 0.990. The zero-order valence-electron chi connectivity index (χ0n) is 15.3. The van der Waals surface area contributed by atoms with Crippen LogP contribution in [0.15, 0.2) is 30.5 Å². The van der Waals surface area contributed by atoms with Gasteiger partial charge < -0.3 is 10.6 Å². The maximum atomic E-state index is 13.6. The van der Waals surface area contributed by atoms with Crippen LogP contribution in [0.25, 0.3) is 0 Å². The molecule has 0 bridgehead atoms. The van der Waals surface area contributed by atoms with Gasteiger partial charge in [0.05, 0.1) is 17.8 Å². The Morgan fingerprint density at radius 1 is 1.48 bits per heavy atom. The van der Waals surface area contributed by atoms with Gasteiger partial charge in [0.15, 0.2) is 0 Å². The summed E-state index contributed by atoms with van der Waals surface area (Å²) in [7, 11) is 0. The molecule has 1 aromatic carbocycles. The number of hydrogen-bond donors (Lipinski definition) is 2. The Morgan fingerprint density at radius 2 is 2.30 bits per heavy atom. The van der Waals surface area contributed by atoms with E-state index in [1.165, 1.54) is 25.0 Å². The van der Waals surface area contributed by atoms with Gasteiger partial charge in [-0.1, -0.05) is 24.6 Å². The highest BCUT2D eigenvalue weighted by Gasteiger charge is 2.22. The Labute approximate surface area is 170 Å². The normalized spacial score (nSPS) is 17.8. The highest BCUT2D eigenvalue weighted by Crippen LogP contribution is 2.23. The molecule has 0 aliphatic carbocycles. The highest BCUT2D eigenvalue weighted by atomic mass is 35.5. The van der Waals surface area contributed by atoms with Gasteiger partial charge in [0, 0.05) is 12.5 Å². The third kappa shape index (κ3) is 5.92. The second-order valence-electron chi connectivity index (χ2n) is 6.96. The molecule has 2 aromatic rings. The van der Waals surface area contributed by atoms with Gasteiger partial charge >= 0.3 is 0 Å². The summed E-state index contributed by atoms with van der Waals surface area (Å²) in [4.78, 5) is 12.4. The van der Waals surface area contributed by atoms with E-state index < -0.39 is 5.82 Å². The van der Waals surface area contributed by atoms with Gasteiger partial charge in [-0.05, 0) is 55.5 Å². The number of hydrogen-bond acceptors (Lipinski definition) is 3. The molecule has 1 aliphatic heterocycles. The van der Waals surface area contributed by atoms with Crippen molar-refractivity contribution >= 4 is 35.7 Å². The van der Waals surface area contributed by atoms with E-state index in [0.717, 1.165) is 18.7 Å². The molecule has 2 atom stereocenters. The molecule has 148 valence electrons. The van der Waals surface area contributed by atoms with Crippen molar-refractivity contribution in [3.05, 3.63) is 46.9 Å². The molecule has 2 unspecified atom stereocenters. The lowest BCUT2D eigenvalue weighted by molar-refractivity contribution is -0.117. The van der Waals surface area contributed by atoms with Crippen molar-refractivity contribution in [1.82, 2.24) is 15.1 Å². The second kappa shape index (κ2) is 10.1. The summed E-state index contributed by atoms with van der Waals surface area (Å²) in [6.45, 7) is 4.54. The molecule has 2 heterocycles. The van der Waals surface area contributed by atoms with Crippen molar-refractivity contribution in [3.63, 3.8) is 0 Å². The number of aromatic nitrogens is 2. The fraction of sp³-hybridized carbons (Fsp3) is 0.474. The molecule has 0 spiro atoms. The minimum absolute atomic E-state index is 0. The zero-order chi connectivity index (χ0) is 18.5. The summed E-state index contributed by atoms with van der Waals surface area (Å²) in [5, 5.41) is 10.6. The van der Waals surface area contributed by atoms with Crippen LogP contribution in [-0.2, 0) is 11.3 Å². The van der Waals surface area contributed by atoms with Crippen LogP contribution in [0.1, 0.15) is 31.7 Å². The lowest BCUT2D eigenvalue weighted by Gasteiger charge is -2.28. The van der Waals surface area contributed by atoms with Crippen LogP contribution < -0.4 is 10.6 Å². The zero-order valence-corrected chi connectivity index (χ0v) is 16.8. The highest BCUT2D eigenvalue weighted by molar-refractivity contribution is 6.30. The van der Waals surface area contributed by atoms with Crippen molar-refractivity contribution in [2.24, 2.45) is 11.8 Å². The lowest BCUT2D eigenvalue weighted by Crippen LogP contribution is -2.34. The van der Waals surface area contributed by atoms with Crippen LogP contribution in [-0.4, -0.2) is 28.8 Å². The van der Waals surface area contributed by atoms with Crippen LogP contribution >= 0.6 is 24.0 Å². The maximum absolute atomic E-state index is 13.6. The Kier molecular flexibility index (Phi) is 8.07.